The summed E-state index contributed by atoms with van der Waals surface area (Å²) in [5.41, 5.74) is 8.12. The summed E-state index contributed by atoms with van der Waals surface area (Å²) in [6, 6.07) is 18.3. The Morgan fingerprint density at radius 3 is 1.41 bits per heavy atom. The molecule has 0 aromatic heterocycles. The molecular weight excluding hydrogens is 370 g/mol. The molecule has 4 rings (SSSR count). The van der Waals surface area contributed by atoms with E-state index in [1.807, 2.05) is 18.2 Å². The van der Waals surface area contributed by atoms with Crippen LogP contribution in [0.2, 0.25) is 0 Å². The van der Waals surface area contributed by atoms with E-state index in [0.717, 1.165) is 22.3 Å². The van der Waals surface area contributed by atoms with E-state index in [4.69, 9.17) is 4.74 Å². The first kappa shape index (κ1) is 22.5. The number of hydrogen-bond donors (Lipinski definition) is 2. The van der Waals surface area contributed by atoms with Gasteiger partial charge in [0, 0.05) is 0 Å². The zero-order chi connectivity index (χ0) is 21.1. The quantitative estimate of drug-likeness (QED) is 0.633. The van der Waals surface area contributed by atoms with Gasteiger partial charge in [-0.1, -0.05) is 24.3 Å². The third-order valence-corrected chi connectivity index (χ3v) is 4.45. The average molecular weight is 398 g/mol. The minimum Gasteiger partial charge on any atom is -0.497 e. The number of benzene rings is 3. The van der Waals surface area contributed by atoms with Crippen LogP contribution in [0.5, 0.6) is 5.75 Å². The van der Waals surface area contributed by atoms with Crippen molar-refractivity contribution in [1.82, 2.24) is 5.32 Å². The molecule has 3 aromatic rings. The van der Waals surface area contributed by atoms with Crippen molar-refractivity contribution in [1.29, 1.82) is 0 Å². The fraction of sp³-hybridized carbons (Fsp3) is 0.250. The van der Waals surface area contributed by atoms with Crippen molar-refractivity contribution >= 4 is 0 Å². The van der Waals surface area contributed by atoms with Crippen molar-refractivity contribution in [2.24, 2.45) is 5.73 Å². The van der Waals surface area contributed by atoms with E-state index in [-0.39, 0.29) is 11.6 Å². The largest absolute Gasteiger partial charge is 0.497 e. The normalized spacial score (nSPS) is 12.3. The van der Waals surface area contributed by atoms with E-state index >= 15 is 0 Å². The maximum atomic E-state index is 13.1. The van der Waals surface area contributed by atoms with E-state index in [1.165, 1.54) is 57.2 Å². The van der Waals surface area contributed by atoms with Crippen LogP contribution in [0.3, 0.4) is 0 Å². The molecule has 5 heteroatoms. The maximum absolute atomic E-state index is 13.1. The third kappa shape index (κ3) is 6.97. The van der Waals surface area contributed by atoms with Crippen LogP contribution >= 0.6 is 0 Å². The van der Waals surface area contributed by atoms with Gasteiger partial charge in [-0.25, -0.2) is 8.78 Å². The SMILES string of the molecule is C1CCNC1.CN.COc1cc(-c2ccc(F)cc2)cc(-c2ccc(F)cc2)c1. The number of methoxy groups -OCH3 is 1. The fourth-order valence-corrected chi connectivity index (χ4v) is 2.96. The van der Waals surface area contributed by atoms with Crippen molar-refractivity contribution in [3.63, 3.8) is 0 Å². The molecule has 3 aromatic carbocycles. The van der Waals surface area contributed by atoms with Gasteiger partial charge in [0.25, 0.3) is 0 Å². The monoisotopic (exact) mass is 398 g/mol. The number of halogens is 2. The van der Waals surface area contributed by atoms with Crippen LogP contribution in [0.4, 0.5) is 8.78 Å². The predicted octanol–water partition coefficient (Wildman–Crippen LogP) is 5.25. The molecule has 3 nitrogen and oxygen atoms in total. The van der Waals surface area contributed by atoms with Crippen molar-refractivity contribution in [3.8, 4) is 28.0 Å². The van der Waals surface area contributed by atoms with Crippen molar-refractivity contribution < 1.29 is 13.5 Å². The minimum absolute atomic E-state index is 0.273. The second-order valence-corrected chi connectivity index (χ2v) is 6.42. The van der Waals surface area contributed by atoms with Crippen molar-refractivity contribution in [2.45, 2.75) is 12.8 Å². The van der Waals surface area contributed by atoms with Crippen LogP contribution < -0.4 is 15.8 Å². The van der Waals surface area contributed by atoms with Gasteiger partial charge in [-0.2, -0.15) is 0 Å². The fourth-order valence-electron chi connectivity index (χ4n) is 2.96. The summed E-state index contributed by atoms with van der Waals surface area (Å²) < 4.78 is 31.5. The molecule has 0 radical (unpaired) electrons. The van der Waals surface area contributed by atoms with Gasteiger partial charge in [0.2, 0.25) is 0 Å². The number of rotatable bonds is 3. The number of nitrogens with one attached hydrogen (secondary N) is 1. The zero-order valence-electron chi connectivity index (χ0n) is 16.9. The Kier molecular flexibility index (Phi) is 9.28. The van der Waals surface area contributed by atoms with E-state index in [0.29, 0.717) is 5.75 Å². The molecule has 0 amide bonds. The van der Waals surface area contributed by atoms with E-state index in [2.05, 4.69) is 11.1 Å². The van der Waals surface area contributed by atoms with Gasteiger partial charge in [-0.05, 0) is 97.7 Å². The maximum Gasteiger partial charge on any atom is 0.123 e. The molecule has 1 aliphatic rings. The summed E-state index contributed by atoms with van der Waals surface area (Å²) in [4.78, 5) is 0. The molecule has 154 valence electrons. The minimum atomic E-state index is -0.273. The molecule has 0 atom stereocenters. The molecule has 1 fully saturated rings. The van der Waals surface area contributed by atoms with Gasteiger partial charge in [0.05, 0.1) is 7.11 Å². The Morgan fingerprint density at radius 1 is 0.690 bits per heavy atom. The van der Waals surface area contributed by atoms with Crippen LogP contribution in [0.15, 0.2) is 66.7 Å². The number of nitrogens with two attached hydrogens (primary N) is 1. The van der Waals surface area contributed by atoms with Crippen LogP contribution in [0.25, 0.3) is 22.3 Å². The van der Waals surface area contributed by atoms with Gasteiger partial charge in [0.15, 0.2) is 0 Å². The average Bonchev–Trinajstić information content (AvgIpc) is 3.36. The van der Waals surface area contributed by atoms with Crippen molar-refractivity contribution in [2.75, 3.05) is 27.2 Å². The molecule has 3 N–H and O–H groups in total. The summed E-state index contributed by atoms with van der Waals surface area (Å²) in [6.45, 7) is 2.50. The predicted molar refractivity (Wildman–Crippen MR) is 116 cm³/mol. The Hall–Kier alpha value is -2.76. The highest BCUT2D eigenvalue weighted by molar-refractivity contribution is 5.75. The molecule has 0 saturated carbocycles. The lowest BCUT2D eigenvalue weighted by molar-refractivity contribution is 0.415. The van der Waals surface area contributed by atoms with Crippen LogP contribution in [-0.2, 0) is 0 Å². The summed E-state index contributed by atoms with van der Waals surface area (Å²) in [6.07, 6.45) is 2.78. The van der Waals surface area contributed by atoms with Crippen molar-refractivity contribution in [3.05, 3.63) is 78.4 Å². The summed E-state index contributed by atoms with van der Waals surface area (Å²) in [7, 11) is 3.10. The lowest BCUT2D eigenvalue weighted by atomic mass is 9.98. The van der Waals surface area contributed by atoms with Gasteiger partial charge in [-0.15, -0.1) is 0 Å². The molecule has 1 aliphatic heterocycles. The number of ether oxygens (including phenoxy) is 1. The second-order valence-electron chi connectivity index (χ2n) is 6.42. The Morgan fingerprint density at radius 2 is 1.10 bits per heavy atom. The van der Waals surface area contributed by atoms with Gasteiger partial charge in [0.1, 0.15) is 17.4 Å². The van der Waals surface area contributed by atoms with E-state index in [9.17, 15) is 8.78 Å². The van der Waals surface area contributed by atoms with Crippen LogP contribution in [-0.4, -0.2) is 27.2 Å². The van der Waals surface area contributed by atoms with Crippen LogP contribution in [0.1, 0.15) is 12.8 Å². The topological polar surface area (TPSA) is 47.3 Å². The molecule has 0 aliphatic carbocycles. The first-order valence-corrected chi connectivity index (χ1v) is 9.65. The standard InChI is InChI=1S/C19H14F2O.C4H9N.CH5N/c1-22-19-11-15(13-2-6-17(20)7-3-13)10-16(12-19)14-4-8-18(21)9-5-14;1-2-4-5-3-1;1-2/h2-12H,1H3;5H,1-4H2;2H2,1H3. The molecule has 0 unspecified atom stereocenters. The van der Waals surface area contributed by atoms with E-state index < -0.39 is 0 Å². The highest BCUT2D eigenvalue weighted by Crippen LogP contribution is 2.31. The van der Waals surface area contributed by atoms with Crippen LogP contribution in [0, 0.1) is 11.6 Å². The Labute approximate surface area is 171 Å². The molecule has 0 spiro atoms. The van der Waals surface area contributed by atoms with Gasteiger partial charge in [-0.3, -0.25) is 0 Å². The van der Waals surface area contributed by atoms with E-state index in [1.54, 1.807) is 31.4 Å². The van der Waals surface area contributed by atoms with Gasteiger partial charge >= 0.3 is 0 Å². The lowest BCUT2D eigenvalue weighted by Gasteiger charge is -2.10. The molecule has 0 bridgehead atoms. The molecule has 1 saturated heterocycles. The first-order chi connectivity index (χ1) is 14.2. The lowest BCUT2D eigenvalue weighted by Crippen LogP contribution is -2.03. The second kappa shape index (κ2) is 11.9. The smallest absolute Gasteiger partial charge is 0.123 e. The Balaban J connectivity index is 0.000000367. The summed E-state index contributed by atoms with van der Waals surface area (Å²) in [5.74, 6) is 0.150. The first-order valence-electron chi connectivity index (χ1n) is 9.65. The molecule has 29 heavy (non-hydrogen) atoms. The highest BCUT2D eigenvalue weighted by atomic mass is 19.1. The Bertz CT molecular complexity index is 790. The third-order valence-electron chi connectivity index (χ3n) is 4.45. The highest BCUT2D eigenvalue weighted by Gasteiger charge is 2.06. The zero-order valence-corrected chi connectivity index (χ0v) is 16.9. The summed E-state index contributed by atoms with van der Waals surface area (Å²) in [5, 5.41) is 3.22. The molecule has 1 heterocycles. The summed E-state index contributed by atoms with van der Waals surface area (Å²) >= 11 is 0. The number of hydrogen-bond acceptors (Lipinski definition) is 3. The molecular formula is C24H28F2N2O. The van der Waals surface area contributed by atoms with Gasteiger partial charge < -0.3 is 15.8 Å².